The number of likely N-dealkylation sites (N-methyl/N-ethyl adjacent to an activating group) is 1. The van der Waals surface area contributed by atoms with E-state index in [2.05, 4.69) is 20.6 Å². The molecular weight excluding hydrogens is 370 g/mol. The van der Waals surface area contributed by atoms with Gasteiger partial charge in [0, 0.05) is 37.5 Å². The zero-order chi connectivity index (χ0) is 20.8. The van der Waals surface area contributed by atoms with Crippen LogP contribution < -0.4 is 10.6 Å². The van der Waals surface area contributed by atoms with Crippen molar-refractivity contribution in [1.82, 2.24) is 25.5 Å². The largest absolute Gasteiger partial charge is 0.379 e. The van der Waals surface area contributed by atoms with Gasteiger partial charge in [-0.15, -0.1) is 0 Å². The van der Waals surface area contributed by atoms with Crippen LogP contribution in [0.15, 0.2) is 24.5 Å². The quantitative estimate of drug-likeness (QED) is 0.587. The Kier molecular flexibility index (Phi) is 7.22. The zero-order valence-corrected chi connectivity index (χ0v) is 17.4. The molecule has 0 saturated carbocycles. The van der Waals surface area contributed by atoms with Crippen LogP contribution in [0.25, 0.3) is 11.0 Å². The average molecular weight is 402 g/mol. The van der Waals surface area contributed by atoms with Crippen LogP contribution in [0.1, 0.15) is 32.3 Å². The van der Waals surface area contributed by atoms with E-state index in [1.54, 1.807) is 13.3 Å². The number of rotatable bonds is 9. The number of nitrogens with zero attached hydrogens (tertiary/aromatic N) is 2. The summed E-state index contributed by atoms with van der Waals surface area (Å²) in [5.41, 5.74) is 2.02. The van der Waals surface area contributed by atoms with Gasteiger partial charge in [0.25, 0.3) is 0 Å². The predicted molar refractivity (Wildman–Crippen MR) is 111 cm³/mol. The monoisotopic (exact) mass is 401 g/mol. The summed E-state index contributed by atoms with van der Waals surface area (Å²) < 4.78 is 5.40. The highest BCUT2D eigenvalue weighted by atomic mass is 16.5. The number of amides is 2. The van der Waals surface area contributed by atoms with E-state index in [1.807, 2.05) is 37.1 Å². The first kappa shape index (κ1) is 21.3. The zero-order valence-electron chi connectivity index (χ0n) is 17.4. The van der Waals surface area contributed by atoms with Crippen molar-refractivity contribution in [2.75, 3.05) is 26.7 Å². The Labute approximate surface area is 171 Å². The lowest BCUT2D eigenvalue weighted by atomic mass is 10.0. The van der Waals surface area contributed by atoms with Gasteiger partial charge in [0.1, 0.15) is 11.7 Å². The molecule has 1 saturated heterocycles. The van der Waals surface area contributed by atoms with Crippen molar-refractivity contribution in [1.29, 1.82) is 0 Å². The number of nitrogens with one attached hydrogen (secondary N) is 3. The number of aromatic amines is 1. The van der Waals surface area contributed by atoms with Crippen molar-refractivity contribution < 1.29 is 14.3 Å². The van der Waals surface area contributed by atoms with Crippen LogP contribution in [0.4, 0.5) is 0 Å². The number of pyridine rings is 1. The Morgan fingerprint density at radius 2 is 2.28 bits per heavy atom. The lowest BCUT2D eigenvalue weighted by Crippen LogP contribution is -2.56. The second kappa shape index (κ2) is 9.84. The molecule has 1 aliphatic heterocycles. The molecule has 0 spiro atoms. The van der Waals surface area contributed by atoms with E-state index in [-0.39, 0.29) is 24.4 Å². The van der Waals surface area contributed by atoms with E-state index in [9.17, 15) is 9.59 Å². The minimum absolute atomic E-state index is 0.0790. The number of methoxy groups -OCH3 is 1. The smallest absolute Gasteiger partial charge is 0.248 e. The van der Waals surface area contributed by atoms with Crippen LogP contribution in [0.2, 0.25) is 0 Å². The van der Waals surface area contributed by atoms with Crippen LogP contribution in [0.5, 0.6) is 0 Å². The number of aromatic nitrogens is 2. The third kappa shape index (κ3) is 4.94. The first-order valence-electron chi connectivity index (χ1n) is 10.3. The van der Waals surface area contributed by atoms with E-state index < -0.39 is 12.1 Å². The number of hydrogen-bond acceptors (Lipinski definition) is 5. The van der Waals surface area contributed by atoms with Crippen LogP contribution in [0.3, 0.4) is 0 Å². The third-order valence-electron chi connectivity index (χ3n) is 5.61. The van der Waals surface area contributed by atoms with Gasteiger partial charge in [-0.25, -0.2) is 4.98 Å². The first-order chi connectivity index (χ1) is 14.0. The molecule has 158 valence electrons. The van der Waals surface area contributed by atoms with Gasteiger partial charge in [-0.3, -0.25) is 9.59 Å². The highest BCUT2D eigenvalue weighted by molar-refractivity contribution is 5.89. The second-order valence-corrected chi connectivity index (χ2v) is 7.51. The van der Waals surface area contributed by atoms with Gasteiger partial charge in [-0.2, -0.15) is 0 Å². The highest BCUT2D eigenvalue weighted by Crippen LogP contribution is 2.26. The summed E-state index contributed by atoms with van der Waals surface area (Å²) in [7, 11) is 1.56. The molecule has 2 aromatic rings. The number of H-pyrrole nitrogens is 1. The van der Waals surface area contributed by atoms with Gasteiger partial charge in [0.2, 0.25) is 11.8 Å². The van der Waals surface area contributed by atoms with Gasteiger partial charge in [-0.05, 0) is 50.4 Å². The Morgan fingerprint density at radius 3 is 3.03 bits per heavy atom. The van der Waals surface area contributed by atoms with Gasteiger partial charge < -0.3 is 25.3 Å². The van der Waals surface area contributed by atoms with E-state index in [0.29, 0.717) is 13.1 Å². The van der Waals surface area contributed by atoms with E-state index >= 15 is 0 Å². The Hall–Kier alpha value is -2.45. The summed E-state index contributed by atoms with van der Waals surface area (Å²) in [6.07, 6.45) is 5.99. The van der Waals surface area contributed by atoms with E-state index in [1.165, 1.54) is 0 Å². The normalized spacial score (nSPS) is 18.7. The first-order valence-corrected chi connectivity index (χ1v) is 10.3. The maximum Gasteiger partial charge on any atom is 0.248 e. The Bertz CT molecular complexity index is 837. The molecule has 3 N–H and O–H groups in total. The standard InChI is InChI=1S/C21H31N5O3/c1-4-22-13-18(27)25-19(14(2)29-3)21(28)26-10-6-7-16(26)11-15-12-24-20-17(15)8-5-9-23-20/h5,8-9,12,14,16,19,22H,4,6-7,10-11,13H2,1-3H3,(H,23,24)(H,25,27)/t14?,16-,19+/m1/s1. The average Bonchev–Trinajstić information content (AvgIpc) is 3.37. The minimum Gasteiger partial charge on any atom is -0.379 e. The van der Waals surface area contributed by atoms with Crippen molar-refractivity contribution in [3.05, 3.63) is 30.1 Å². The second-order valence-electron chi connectivity index (χ2n) is 7.51. The van der Waals surface area contributed by atoms with Crippen molar-refractivity contribution >= 4 is 22.8 Å². The number of fused-ring (bicyclic) bond motifs is 1. The molecule has 3 rings (SSSR count). The lowest BCUT2D eigenvalue weighted by molar-refractivity contribution is -0.140. The lowest BCUT2D eigenvalue weighted by Gasteiger charge is -2.31. The number of likely N-dealkylation sites (tertiary alicyclic amines) is 1. The number of carbonyl (C=O) groups excluding carboxylic acids is 2. The highest BCUT2D eigenvalue weighted by Gasteiger charge is 2.36. The van der Waals surface area contributed by atoms with Gasteiger partial charge in [0.15, 0.2) is 0 Å². The molecule has 1 unspecified atom stereocenters. The topological polar surface area (TPSA) is 99.4 Å². The van der Waals surface area contributed by atoms with Gasteiger partial charge in [-0.1, -0.05) is 6.92 Å². The van der Waals surface area contributed by atoms with Crippen molar-refractivity contribution in [3.63, 3.8) is 0 Å². The fourth-order valence-electron chi connectivity index (χ4n) is 3.93. The number of ether oxygens (including phenoxy) is 1. The molecule has 1 aliphatic rings. The summed E-state index contributed by atoms with van der Waals surface area (Å²) in [4.78, 5) is 35.0. The Morgan fingerprint density at radius 1 is 1.45 bits per heavy atom. The predicted octanol–water partition coefficient (Wildman–Crippen LogP) is 1.23. The Balaban J connectivity index is 1.73. The third-order valence-corrected chi connectivity index (χ3v) is 5.61. The van der Waals surface area contributed by atoms with E-state index in [0.717, 1.165) is 35.9 Å². The molecule has 8 nitrogen and oxygen atoms in total. The molecule has 0 aromatic carbocycles. The molecule has 8 heteroatoms. The molecule has 2 amide bonds. The minimum atomic E-state index is -0.698. The molecule has 1 fully saturated rings. The molecule has 2 aromatic heterocycles. The SMILES string of the molecule is CCNCC(=O)N[C@H](C(=O)N1CCC[C@@H]1Cc1c[nH]c2ncccc12)C(C)OC. The fourth-order valence-corrected chi connectivity index (χ4v) is 3.93. The maximum absolute atomic E-state index is 13.3. The molecule has 3 heterocycles. The van der Waals surface area contributed by atoms with Gasteiger partial charge >= 0.3 is 0 Å². The number of hydrogen-bond donors (Lipinski definition) is 3. The molecule has 29 heavy (non-hydrogen) atoms. The molecule has 0 radical (unpaired) electrons. The van der Waals surface area contributed by atoms with Gasteiger partial charge in [0.05, 0.1) is 12.6 Å². The van der Waals surface area contributed by atoms with E-state index in [4.69, 9.17) is 4.74 Å². The van der Waals surface area contributed by atoms with Crippen LogP contribution in [-0.4, -0.2) is 71.6 Å². The molecule has 3 atom stereocenters. The fraction of sp³-hybridized carbons (Fsp3) is 0.571. The summed E-state index contributed by atoms with van der Waals surface area (Å²) in [5.74, 6) is -0.280. The van der Waals surface area contributed by atoms with Crippen LogP contribution in [-0.2, 0) is 20.7 Å². The summed E-state index contributed by atoms with van der Waals surface area (Å²) in [5, 5.41) is 6.93. The van der Waals surface area contributed by atoms with Crippen molar-refractivity contribution in [2.24, 2.45) is 0 Å². The molecular formula is C21H31N5O3. The van der Waals surface area contributed by atoms with Crippen molar-refractivity contribution in [3.8, 4) is 0 Å². The number of carbonyl (C=O) groups is 2. The molecule has 0 bridgehead atoms. The summed E-state index contributed by atoms with van der Waals surface area (Å²) >= 11 is 0. The maximum atomic E-state index is 13.3. The summed E-state index contributed by atoms with van der Waals surface area (Å²) in [6, 6.07) is 3.37. The molecule has 0 aliphatic carbocycles. The summed E-state index contributed by atoms with van der Waals surface area (Å²) in [6.45, 7) is 5.32. The van der Waals surface area contributed by atoms with Crippen LogP contribution in [0, 0.1) is 0 Å². The van der Waals surface area contributed by atoms with Crippen molar-refractivity contribution in [2.45, 2.75) is 51.3 Å². The van der Waals surface area contributed by atoms with Crippen LogP contribution >= 0.6 is 0 Å².